The van der Waals surface area contributed by atoms with Crippen molar-refractivity contribution in [1.29, 1.82) is 0 Å². The molecule has 3 N–H and O–H groups in total. The van der Waals surface area contributed by atoms with Gasteiger partial charge < -0.3 is 19.9 Å². The Morgan fingerprint density at radius 1 is 1.12 bits per heavy atom. The largest absolute Gasteiger partial charge is 0.497 e. The highest BCUT2D eigenvalue weighted by atomic mass is 32.1. The molecule has 0 unspecified atom stereocenters. The molecule has 0 aliphatic heterocycles. The van der Waals surface area contributed by atoms with Gasteiger partial charge in [-0.15, -0.1) is 0 Å². The molecule has 0 fully saturated rings. The Hall–Kier alpha value is -2.80. The van der Waals surface area contributed by atoms with Crippen LogP contribution in [0.25, 0.3) is 0 Å². The van der Waals surface area contributed by atoms with Gasteiger partial charge in [0.2, 0.25) is 0 Å². The quantitative estimate of drug-likeness (QED) is 0.456. The number of rotatable bonds is 7. The third-order valence-corrected chi connectivity index (χ3v) is 3.24. The predicted molar refractivity (Wildman–Crippen MR) is 97.8 cm³/mol. The van der Waals surface area contributed by atoms with Crippen LogP contribution in [0.3, 0.4) is 0 Å². The van der Waals surface area contributed by atoms with Crippen molar-refractivity contribution in [3.8, 4) is 17.2 Å². The van der Waals surface area contributed by atoms with E-state index in [9.17, 15) is 0 Å². The number of nitrogens with two attached hydrogens (primary N) is 1. The van der Waals surface area contributed by atoms with Crippen LogP contribution in [0.5, 0.6) is 17.2 Å². The number of thiocarbonyl (C=S) groups is 1. The van der Waals surface area contributed by atoms with Gasteiger partial charge in [-0.05, 0) is 60.2 Å². The Kier molecular flexibility index (Phi) is 6.39. The van der Waals surface area contributed by atoms with E-state index in [1.165, 1.54) is 0 Å². The minimum atomic E-state index is 0.114. The van der Waals surface area contributed by atoms with Crippen molar-refractivity contribution >= 4 is 23.5 Å². The van der Waals surface area contributed by atoms with Crippen LogP contribution in [0.2, 0.25) is 0 Å². The zero-order valence-corrected chi connectivity index (χ0v) is 14.3. The van der Waals surface area contributed by atoms with Crippen molar-refractivity contribution < 1.29 is 14.2 Å². The van der Waals surface area contributed by atoms with Gasteiger partial charge in [-0.2, -0.15) is 5.10 Å². The van der Waals surface area contributed by atoms with E-state index in [4.69, 9.17) is 32.2 Å². The lowest BCUT2D eigenvalue weighted by atomic mass is 10.1. The second-order valence-corrected chi connectivity index (χ2v) is 5.21. The second kappa shape index (κ2) is 8.73. The predicted octanol–water partition coefficient (Wildman–Crippen LogP) is 2.45. The zero-order chi connectivity index (χ0) is 17.4. The summed E-state index contributed by atoms with van der Waals surface area (Å²) in [5, 5.41) is 4.05. The smallest absolute Gasteiger partial charge is 0.184 e. The summed E-state index contributed by atoms with van der Waals surface area (Å²) in [4.78, 5) is 0. The molecule has 126 valence electrons. The first-order valence-electron chi connectivity index (χ1n) is 7.14. The molecule has 0 heterocycles. The van der Waals surface area contributed by atoms with E-state index >= 15 is 0 Å². The molecular weight excluding hydrogens is 326 g/mol. The maximum atomic E-state index is 5.80. The first-order valence-corrected chi connectivity index (χ1v) is 7.55. The molecule has 24 heavy (non-hydrogen) atoms. The minimum Gasteiger partial charge on any atom is -0.497 e. The van der Waals surface area contributed by atoms with Crippen LogP contribution < -0.4 is 25.4 Å². The van der Waals surface area contributed by atoms with Gasteiger partial charge in [-0.3, -0.25) is 5.43 Å². The third kappa shape index (κ3) is 5.13. The molecule has 0 aliphatic carbocycles. The summed E-state index contributed by atoms with van der Waals surface area (Å²) in [5.74, 6) is 2.26. The number of hydrogen-bond donors (Lipinski definition) is 2. The fraction of sp³-hybridized carbons (Fsp3) is 0.176. The fourth-order valence-corrected chi connectivity index (χ4v) is 2.05. The molecule has 2 aromatic carbocycles. The van der Waals surface area contributed by atoms with Gasteiger partial charge in [0, 0.05) is 5.56 Å². The molecule has 2 rings (SSSR count). The van der Waals surface area contributed by atoms with Gasteiger partial charge in [0.1, 0.15) is 23.9 Å². The van der Waals surface area contributed by atoms with Gasteiger partial charge in [-0.1, -0.05) is 0 Å². The molecule has 0 bridgehead atoms. The summed E-state index contributed by atoms with van der Waals surface area (Å²) < 4.78 is 16.3. The number of benzene rings is 2. The zero-order valence-electron chi connectivity index (χ0n) is 13.5. The van der Waals surface area contributed by atoms with Gasteiger partial charge in [0.25, 0.3) is 0 Å². The SMILES string of the molecule is COc1ccc(OCc2cc(C=NNC(N)=S)ccc2OC)cc1. The van der Waals surface area contributed by atoms with Crippen molar-refractivity contribution in [2.75, 3.05) is 14.2 Å². The molecular formula is C17H19N3O3S. The Bertz CT molecular complexity index is 718. The molecule has 0 saturated heterocycles. The first kappa shape index (κ1) is 17.6. The molecule has 0 aliphatic rings. The van der Waals surface area contributed by atoms with Crippen LogP contribution in [0.4, 0.5) is 0 Å². The number of hydrazone groups is 1. The van der Waals surface area contributed by atoms with Crippen LogP contribution in [-0.2, 0) is 6.61 Å². The van der Waals surface area contributed by atoms with E-state index in [1.54, 1.807) is 20.4 Å². The number of nitrogens with one attached hydrogen (secondary N) is 1. The monoisotopic (exact) mass is 345 g/mol. The lowest BCUT2D eigenvalue weighted by Crippen LogP contribution is -2.24. The Morgan fingerprint density at radius 3 is 2.46 bits per heavy atom. The summed E-state index contributed by atoms with van der Waals surface area (Å²) in [7, 11) is 3.24. The van der Waals surface area contributed by atoms with Crippen molar-refractivity contribution in [3.05, 3.63) is 53.6 Å². The second-order valence-electron chi connectivity index (χ2n) is 4.77. The van der Waals surface area contributed by atoms with Gasteiger partial charge in [-0.25, -0.2) is 0 Å². The van der Waals surface area contributed by atoms with Crippen LogP contribution in [0.1, 0.15) is 11.1 Å². The van der Waals surface area contributed by atoms with E-state index in [1.807, 2.05) is 42.5 Å². The van der Waals surface area contributed by atoms with Crippen LogP contribution in [0, 0.1) is 0 Å². The van der Waals surface area contributed by atoms with Gasteiger partial charge >= 0.3 is 0 Å². The lowest BCUT2D eigenvalue weighted by molar-refractivity contribution is 0.296. The van der Waals surface area contributed by atoms with E-state index in [-0.39, 0.29) is 5.11 Å². The average Bonchev–Trinajstić information content (AvgIpc) is 2.60. The molecule has 0 saturated carbocycles. The first-order chi connectivity index (χ1) is 11.6. The van der Waals surface area contributed by atoms with Crippen LogP contribution in [0.15, 0.2) is 47.6 Å². The Labute approximate surface area is 146 Å². The summed E-state index contributed by atoms with van der Waals surface area (Å²) in [6.45, 7) is 0.361. The highest BCUT2D eigenvalue weighted by Crippen LogP contribution is 2.23. The molecule has 0 atom stereocenters. The summed E-state index contributed by atoms with van der Waals surface area (Å²) in [6.07, 6.45) is 1.62. The van der Waals surface area contributed by atoms with Crippen molar-refractivity contribution in [2.45, 2.75) is 6.61 Å². The van der Waals surface area contributed by atoms with E-state index in [2.05, 4.69) is 10.5 Å². The Morgan fingerprint density at radius 2 is 1.83 bits per heavy atom. The maximum Gasteiger partial charge on any atom is 0.184 e. The fourth-order valence-electron chi connectivity index (χ4n) is 2.00. The third-order valence-electron chi connectivity index (χ3n) is 3.15. The Balaban J connectivity index is 2.08. The number of nitrogens with zero attached hydrogens (tertiary/aromatic N) is 1. The summed E-state index contributed by atoms with van der Waals surface area (Å²) >= 11 is 4.69. The summed E-state index contributed by atoms with van der Waals surface area (Å²) in [5.41, 5.74) is 9.60. The maximum absolute atomic E-state index is 5.80. The lowest BCUT2D eigenvalue weighted by Gasteiger charge is -2.11. The minimum absolute atomic E-state index is 0.114. The summed E-state index contributed by atoms with van der Waals surface area (Å²) in [6, 6.07) is 13.0. The van der Waals surface area contributed by atoms with Crippen molar-refractivity contribution in [2.24, 2.45) is 10.8 Å². The van der Waals surface area contributed by atoms with Crippen LogP contribution >= 0.6 is 12.2 Å². The topological polar surface area (TPSA) is 78.1 Å². The van der Waals surface area contributed by atoms with Crippen molar-refractivity contribution in [3.63, 3.8) is 0 Å². The highest BCUT2D eigenvalue weighted by molar-refractivity contribution is 7.80. The molecule has 7 heteroatoms. The van der Waals surface area contributed by atoms with E-state index in [0.717, 1.165) is 28.4 Å². The van der Waals surface area contributed by atoms with Crippen molar-refractivity contribution in [1.82, 2.24) is 5.43 Å². The number of ether oxygens (including phenoxy) is 3. The van der Waals surface area contributed by atoms with Gasteiger partial charge in [0.05, 0.1) is 20.4 Å². The number of hydrogen-bond acceptors (Lipinski definition) is 5. The highest BCUT2D eigenvalue weighted by Gasteiger charge is 2.05. The van der Waals surface area contributed by atoms with Gasteiger partial charge in [0.15, 0.2) is 5.11 Å². The van der Waals surface area contributed by atoms with Crippen LogP contribution in [-0.4, -0.2) is 25.5 Å². The van der Waals surface area contributed by atoms with E-state index < -0.39 is 0 Å². The molecule has 6 nitrogen and oxygen atoms in total. The normalized spacial score (nSPS) is 10.4. The standard InChI is InChI=1S/C17H19N3O3S/c1-21-14-4-6-15(7-5-14)23-11-13-9-12(3-8-16(13)22-2)10-19-20-17(18)24/h3-10H,11H2,1-2H3,(H3,18,20,24). The number of methoxy groups -OCH3 is 2. The van der Waals surface area contributed by atoms with E-state index in [0.29, 0.717) is 6.61 Å². The molecule has 0 spiro atoms. The molecule has 0 radical (unpaired) electrons. The average molecular weight is 345 g/mol. The molecule has 0 aromatic heterocycles. The molecule has 2 aromatic rings. The molecule has 0 amide bonds.